The van der Waals surface area contributed by atoms with Gasteiger partial charge in [-0.3, -0.25) is 4.79 Å². The van der Waals surface area contributed by atoms with Crippen molar-refractivity contribution in [2.24, 2.45) is 0 Å². The first-order chi connectivity index (χ1) is 9.47. The van der Waals surface area contributed by atoms with E-state index in [4.69, 9.17) is 4.43 Å². The highest BCUT2D eigenvalue weighted by Crippen LogP contribution is 2.27. The third-order valence-electron chi connectivity index (χ3n) is 3.57. The first kappa shape index (κ1) is 15.3. The van der Waals surface area contributed by atoms with Crippen LogP contribution in [0.4, 0.5) is 0 Å². The maximum absolute atomic E-state index is 12.6. The van der Waals surface area contributed by atoms with Crippen molar-refractivity contribution < 1.29 is 9.22 Å². The van der Waals surface area contributed by atoms with Crippen molar-refractivity contribution in [2.75, 3.05) is 6.54 Å². The minimum absolute atomic E-state index is 0.0604. The van der Waals surface area contributed by atoms with Crippen molar-refractivity contribution >= 4 is 14.3 Å². The van der Waals surface area contributed by atoms with Gasteiger partial charge in [-0.25, -0.2) is 0 Å². The molecule has 0 spiro atoms. The van der Waals surface area contributed by atoms with E-state index in [-0.39, 0.29) is 17.9 Å². The van der Waals surface area contributed by atoms with E-state index in [1.807, 2.05) is 30.3 Å². The average Bonchev–Trinajstić information content (AvgIpc) is 2.39. The highest BCUT2D eigenvalue weighted by Gasteiger charge is 2.34. The lowest BCUT2D eigenvalue weighted by atomic mass is 9.86. The molecule has 20 heavy (non-hydrogen) atoms. The van der Waals surface area contributed by atoms with Gasteiger partial charge in [-0.1, -0.05) is 36.8 Å². The second kappa shape index (κ2) is 6.55. The molecular formula is C16H25NO2Si. The van der Waals surface area contributed by atoms with Gasteiger partial charge in [0, 0.05) is 6.04 Å². The van der Waals surface area contributed by atoms with Crippen LogP contribution in [0.2, 0.25) is 19.6 Å². The number of nitrogens with one attached hydrogen (secondary N) is 1. The topological polar surface area (TPSA) is 38.3 Å². The first-order valence-electron chi connectivity index (χ1n) is 7.48. The van der Waals surface area contributed by atoms with E-state index < -0.39 is 8.32 Å². The lowest BCUT2D eigenvalue weighted by Crippen LogP contribution is -2.44. The Morgan fingerprint density at radius 3 is 2.50 bits per heavy atom. The zero-order valence-corrected chi connectivity index (χ0v) is 13.7. The van der Waals surface area contributed by atoms with Crippen LogP contribution in [-0.2, 0) is 9.22 Å². The van der Waals surface area contributed by atoms with E-state index in [1.54, 1.807) is 0 Å². The highest BCUT2D eigenvalue weighted by molar-refractivity contribution is 6.71. The van der Waals surface area contributed by atoms with Crippen molar-refractivity contribution in [3.63, 3.8) is 0 Å². The molecule has 0 aliphatic carbocycles. The molecule has 0 aromatic heterocycles. The molecule has 4 heteroatoms. The molecule has 3 nitrogen and oxygen atoms in total. The van der Waals surface area contributed by atoms with Crippen LogP contribution in [0.15, 0.2) is 30.3 Å². The molecule has 1 aliphatic heterocycles. The summed E-state index contributed by atoms with van der Waals surface area (Å²) in [6.07, 6.45) is 3.42. The molecule has 1 aliphatic rings. The number of carbonyl (C=O) groups excluding carboxylic acids is 1. The van der Waals surface area contributed by atoms with Crippen LogP contribution in [0, 0.1) is 0 Å². The van der Waals surface area contributed by atoms with Crippen LogP contribution in [0.3, 0.4) is 0 Å². The van der Waals surface area contributed by atoms with Gasteiger partial charge in [0.2, 0.25) is 8.32 Å². The Balaban J connectivity index is 2.22. The normalized spacial score (nSPS) is 21.2. The van der Waals surface area contributed by atoms with Gasteiger partial charge >= 0.3 is 5.97 Å². The molecule has 1 heterocycles. The van der Waals surface area contributed by atoms with Crippen LogP contribution in [0.25, 0.3) is 0 Å². The SMILES string of the molecule is C[Si](C)(C)OC(=O)C(c1ccccc1)C1CCCCN1. The summed E-state index contributed by atoms with van der Waals surface area (Å²) in [5.74, 6) is -0.238. The molecule has 0 amide bonds. The fourth-order valence-corrected chi connectivity index (χ4v) is 3.45. The third kappa shape index (κ3) is 4.18. The Hall–Kier alpha value is -1.13. The summed E-state index contributed by atoms with van der Waals surface area (Å²) in [5, 5.41) is 3.50. The van der Waals surface area contributed by atoms with Gasteiger partial charge in [0.05, 0.1) is 5.92 Å². The summed E-state index contributed by atoms with van der Waals surface area (Å²) in [7, 11) is -1.86. The Kier molecular flexibility index (Phi) is 4.99. The molecule has 1 aromatic rings. The van der Waals surface area contributed by atoms with Crippen LogP contribution in [0.5, 0.6) is 0 Å². The van der Waals surface area contributed by atoms with Crippen molar-refractivity contribution in [1.29, 1.82) is 0 Å². The van der Waals surface area contributed by atoms with E-state index in [9.17, 15) is 4.79 Å². The van der Waals surface area contributed by atoms with E-state index in [0.717, 1.165) is 18.5 Å². The molecule has 1 saturated heterocycles. The number of hydrogen-bond donors (Lipinski definition) is 1. The molecule has 1 fully saturated rings. The minimum atomic E-state index is -1.86. The highest BCUT2D eigenvalue weighted by atomic mass is 28.4. The Labute approximate surface area is 122 Å². The third-order valence-corrected chi connectivity index (χ3v) is 4.38. The molecule has 2 atom stereocenters. The molecule has 110 valence electrons. The van der Waals surface area contributed by atoms with Gasteiger partial charge in [0.15, 0.2) is 0 Å². The smallest absolute Gasteiger partial charge is 0.301 e. The van der Waals surface area contributed by atoms with Crippen LogP contribution in [0.1, 0.15) is 30.7 Å². The van der Waals surface area contributed by atoms with Gasteiger partial charge in [-0.05, 0) is 44.6 Å². The zero-order valence-electron chi connectivity index (χ0n) is 12.7. The second-order valence-electron chi connectivity index (χ2n) is 6.48. The lowest BCUT2D eigenvalue weighted by Gasteiger charge is -2.32. The quantitative estimate of drug-likeness (QED) is 0.865. The molecule has 0 bridgehead atoms. The summed E-state index contributed by atoms with van der Waals surface area (Å²) in [6, 6.07) is 10.2. The maximum atomic E-state index is 12.6. The van der Waals surface area contributed by atoms with Crippen molar-refractivity contribution in [3.05, 3.63) is 35.9 Å². The van der Waals surface area contributed by atoms with E-state index in [1.165, 1.54) is 12.8 Å². The monoisotopic (exact) mass is 291 g/mol. The van der Waals surface area contributed by atoms with Gasteiger partial charge in [-0.15, -0.1) is 0 Å². The standard InChI is InChI=1S/C16H25NO2Si/c1-20(2,3)19-16(18)15(13-9-5-4-6-10-13)14-11-7-8-12-17-14/h4-6,9-10,14-15,17H,7-8,11-12H2,1-3H3. The summed E-state index contributed by atoms with van der Waals surface area (Å²) in [6.45, 7) is 7.16. The summed E-state index contributed by atoms with van der Waals surface area (Å²) < 4.78 is 5.77. The average molecular weight is 291 g/mol. The van der Waals surface area contributed by atoms with E-state index in [2.05, 4.69) is 25.0 Å². The van der Waals surface area contributed by atoms with Crippen LogP contribution in [-0.4, -0.2) is 26.9 Å². The van der Waals surface area contributed by atoms with Crippen molar-refractivity contribution in [3.8, 4) is 0 Å². The van der Waals surface area contributed by atoms with Crippen LogP contribution >= 0.6 is 0 Å². The first-order valence-corrected chi connectivity index (χ1v) is 10.9. The lowest BCUT2D eigenvalue weighted by molar-refractivity contribution is -0.137. The largest absolute Gasteiger partial charge is 0.519 e. The van der Waals surface area contributed by atoms with Crippen molar-refractivity contribution in [1.82, 2.24) is 5.32 Å². The molecule has 0 saturated carbocycles. The molecule has 1 aromatic carbocycles. The fourth-order valence-electron chi connectivity index (χ4n) is 2.72. The molecule has 2 rings (SSSR count). The minimum Gasteiger partial charge on any atom is -0.519 e. The predicted molar refractivity (Wildman–Crippen MR) is 84.3 cm³/mol. The van der Waals surface area contributed by atoms with Gasteiger partial charge in [0.1, 0.15) is 0 Å². The number of piperidine rings is 1. The number of carbonyl (C=O) groups is 1. The Bertz CT molecular complexity index is 436. The zero-order chi connectivity index (χ0) is 14.6. The van der Waals surface area contributed by atoms with Gasteiger partial charge in [0.25, 0.3) is 0 Å². The number of rotatable bonds is 4. The molecular weight excluding hydrogens is 266 g/mol. The number of hydrogen-bond acceptors (Lipinski definition) is 3. The van der Waals surface area contributed by atoms with E-state index >= 15 is 0 Å². The fraction of sp³-hybridized carbons (Fsp3) is 0.562. The molecule has 0 radical (unpaired) electrons. The van der Waals surface area contributed by atoms with Gasteiger partial charge < -0.3 is 9.74 Å². The van der Waals surface area contributed by atoms with Crippen LogP contribution < -0.4 is 5.32 Å². The van der Waals surface area contributed by atoms with Crippen molar-refractivity contribution in [2.45, 2.75) is 50.9 Å². The Morgan fingerprint density at radius 2 is 1.95 bits per heavy atom. The summed E-state index contributed by atoms with van der Waals surface area (Å²) >= 11 is 0. The molecule has 1 N–H and O–H groups in total. The predicted octanol–water partition coefficient (Wildman–Crippen LogP) is 3.29. The van der Waals surface area contributed by atoms with Gasteiger partial charge in [-0.2, -0.15) is 0 Å². The Morgan fingerprint density at radius 1 is 1.25 bits per heavy atom. The second-order valence-corrected chi connectivity index (χ2v) is 10.9. The number of benzene rings is 1. The maximum Gasteiger partial charge on any atom is 0.301 e. The van der Waals surface area contributed by atoms with E-state index in [0.29, 0.717) is 0 Å². The summed E-state index contributed by atoms with van der Waals surface area (Å²) in [4.78, 5) is 12.6. The molecule has 2 unspecified atom stereocenters. The summed E-state index contributed by atoms with van der Waals surface area (Å²) in [5.41, 5.74) is 1.06.